The van der Waals surface area contributed by atoms with Crippen LogP contribution < -0.4 is 9.46 Å². The zero-order valence-corrected chi connectivity index (χ0v) is 32.2. The first kappa shape index (κ1) is 35.6. The first-order valence-corrected chi connectivity index (χ1v) is 20.8. The number of methoxy groups -OCH3 is 1. The molecule has 5 heterocycles. The van der Waals surface area contributed by atoms with E-state index >= 15 is 0 Å². The zero-order chi connectivity index (χ0) is 37.2. The largest absolute Gasteiger partial charge is 0.497 e. The minimum absolute atomic E-state index is 0.0183. The maximum atomic E-state index is 14.5. The average molecular weight is 739 g/mol. The van der Waals surface area contributed by atoms with E-state index in [1.807, 2.05) is 29.8 Å². The molecule has 8 rings (SSSR count). The number of likely N-dealkylation sites (tertiary alicyclic amines) is 2. The minimum atomic E-state index is -3.83. The van der Waals surface area contributed by atoms with E-state index < -0.39 is 21.2 Å². The van der Waals surface area contributed by atoms with E-state index in [9.17, 15) is 18.0 Å². The van der Waals surface area contributed by atoms with Gasteiger partial charge in [-0.05, 0) is 106 Å². The van der Waals surface area contributed by atoms with Crippen LogP contribution in [-0.2, 0) is 23.1 Å². The van der Waals surface area contributed by atoms with Crippen LogP contribution in [0.4, 0.5) is 0 Å². The van der Waals surface area contributed by atoms with Crippen LogP contribution in [0.2, 0.25) is 0 Å². The SMILES string of the molecule is CCN1CC2CC1CN2C(=O)c1cnn(CC)c1C1=Cc2cc(OC)ccc2-c2c(C3CCCCC3)c3ccc(C(=O)NS(=O)(=O)C(C)C)cc3n2C1. The lowest BCUT2D eigenvalue weighted by molar-refractivity contribution is 0.0630. The molecule has 2 amide bonds. The van der Waals surface area contributed by atoms with E-state index in [-0.39, 0.29) is 17.5 Å². The zero-order valence-electron chi connectivity index (χ0n) is 31.4. The number of likely N-dealkylation sites (N-methyl/N-ethyl adjacent to an activating group) is 1. The number of allylic oxidation sites excluding steroid dienone is 1. The molecule has 0 radical (unpaired) electrons. The summed E-state index contributed by atoms with van der Waals surface area (Å²) in [5.74, 6) is 0.432. The van der Waals surface area contributed by atoms with Crippen LogP contribution in [0, 0.1) is 0 Å². The predicted octanol–water partition coefficient (Wildman–Crippen LogP) is 6.52. The molecule has 3 fully saturated rings. The number of carbonyl (C=O) groups excluding carboxylic acids is 2. The van der Waals surface area contributed by atoms with Gasteiger partial charge >= 0.3 is 0 Å². The van der Waals surface area contributed by atoms with E-state index in [0.717, 1.165) is 96.5 Å². The second-order valence-electron chi connectivity index (χ2n) is 15.4. The monoisotopic (exact) mass is 738 g/mol. The number of aromatic nitrogens is 3. The number of benzene rings is 2. The normalized spacial score (nSPS) is 20.4. The molecule has 2 atom stereocenters. The number of carbonyl (C=O) groups is 2. The van der Waals surface area contributed by atoms with Gasteiger partial charge in [-0.25, -0.2) is 13.1 Å². The molecule has 1 saturated carbocycles. The molecule has 1 N–H and O–H groups in total. The number of amides is 2. The molecule has 280 valence electrons. The van der Waals surface area contributed by atoms with Crippen molar-refractivity contribution in [2.45, 2.75) is 103 Å². The van der Waals surface area contributed by atoms with Gasteiger partial charge in [0.1, 0.15) is 5.75 Å². The van der Waals surface area contributed by atoms with Crippen molar-refractivity contribution in [1.29, 1.82) is 0 Å². The van der Waals surface area contributed by atoms with Crippen molar-refractivity contribution in [3.63, 3.8) is 0 Å². The van der Waals surface area contributed by atoms with Crippen molar-refractivity contribution in [3.8, 4) is 17.0 Å². The van der Waals surface area contributed by atoms with Crippen molar-refractivity contribution in [2.24, 2.45) is 0 Å². The highest BCUT2D eigenvalue weighted by Gasteiger charge is 2.45. The fourth-order valence-electron chi connectivity index (χ4n) is 9.29. The fourth-order valence-corrected chi connectivity index (χ4v) is 9.90. The molecular weight excluding hydrogens is 689 g/mol. The molecule has 4 aliphatic rings. The Morgan fingerprint density at radius 3 is 2.45 bits per heavy atom. The number of ether oxygens (including phenoxy) is 1. The summed E-state index contributed by atoms with van der Waals surface area (Å²) in [6.07, 6.45) is 10.6. The van der Waals surface area contributed by atoms with Crippen LogP contribution in [0.1, 0.15) is 110 Å². The lowest BCUT2D eigenvalue weighted by Gasteiger charge is -2.33. The van der Waals surface area contributed by atoms with Gasteiger partial charge in [0.2, 0.25) is 10.0 Å². The molecule has 2 bridgehead atoms. The summed E-state index contributed by atoms with van der Waals surface area (Å²) >= 11 is 0. The smallest absolute Gasteiger partial charge is 0.264 e. The Kier molecular flexibility index (Phi) is 9.25. The van der Waals surface area contributed by atoms with Gasteiger partial charge in [-0.3, -0.25) is 19.2 Å². The number of hydrogen-bond donors (Lipinski definition) is 1. The Morgan fingerprint density at radius 1 is 0.981 bits per heavy atom. The number of piperazine rings is 1. The van der Waals surface area contributed by atoms with Gasteiger partial charge in [0.15, 0.2) is 0 Å². The van der Waals surface area contributed by atoms with E-state index in [2.05, 4.69) is 44.2 Å². The molecule has 2 aromatic carbocycles. The van der Waals surface area contributed by atoms with Crippen molar-refractivity contribution < 1.29 is 22.7 Å². The van der Waals surface area contributed by atoms with Gasteiger partial charge in [-0.2, -0.15) is 5.10 Å². The topological polar surface area (TPSA) is 119 Å². The third kappa shape index (κ3) is 6.07. The summed E-state index contributed by atoms with van der Waals surface area (Å²) in [7, 11) is -2.16. The molecule has 53 heavy (non-hydrogen) atoms. The van der Waals surface area contributed by atoms with Crippen molar-refractivity contribution in [1.82, 2.24) is 28.9 Å². The number of hydrogen-bond acceptors (Lipinski definition) is 7. The Labute approximate surface area is 312 Å². The van der Waals surface area contributed by atoms with Gasteiger partial charge in [0, 0.05) is 53.7 Å². The van der Waals surface area contributed by atoms with Gasteiger partial charge in [0.05, 0.1) is 42.1 Å². The Morgan fingerprint density at radius 2 is 1.77 bits per heavy atom. The van der Waals surface area contributed by atoms with E-state index in [1.165, 1.54) is 12.0 Å². The van der Waals surface area contributed by atoms with Gasteiger partial charge in [0.25, 0.3) is 11.8 Å². The highest BCUT2D eigenvalue weighted by Crippen LogP contribution is 2.48. The fraction of sp³-hybridized carbons (Fsp3) is 0.488. The lowest BCUT2D eigenvalue weighted by Crippen LogP contribution is -2.48. The van der Waals surface area contributed by atoms with E-state index in [1.54, 1.807) is 33.2 Å². The Balaban J connectivity index is 1.31. The molecule has 4 aromatic rings. The summed E-state index contributed by atoms with van der Waals surface area (Å²) in [6.45, 7) is 11.0. The van der Waals surface area contributed by atoms with Crippen LogP contribution in [0.3, 0.4) is 0 Å². The predicted molar refractivity (Wildman–Crippen MR) is 208 cm³/mol. The second-order valence-corrected chi connectivity index (χ2v) is 17.6. The van der Waals surface area contributed by atoms with Gasteiger partial charge in [-0.1, -0.05) is 32.3 Å². The molecule has 12 heteroatoms. The Bertz CT molecular complexity index is 2250. The summed E-state index contributed by atoms with van der Waals surface area (Å²) in [5.41, 5.74) is 7.87. The number of rotatable bonds is 9. The molecular formula is C41H50N6O5S. The Hall–Kier alpha value is -4.42. The molecule has 2 saturated heterocycles. The summed E-state index contributed by atoms with van der Waals surface area (Å²) in [6, 6.07) is 12.4. The minimum Gasteiger partial charge on any atom is -0.497 e. The van der Waals surface area contributed by atoms with Crippen molar-refractivity contribution in [3.05, 3.63) is 70.5 Å². The average Bonchev–Trinajstić information content (AvgIpc) is 3.93. The molecule has 11 nitrogen and oxygen atoms in total. The van der Waals surface area contributed by atoms with Crippen LogP contribution in [0.25, 0.3) is 33.8 Å². The molecule has 2 unspecified atom stereocenters. The van der Waals surface area contributed by atoms with Crippen LogP contribution in [-0.4, -0.2) is 88.5 Å². The van der Waals surface area contributed by atoms with Crippen LogP contribution >= 0.6 is 0 Å². The molecule has 0 spiro atoms. The maximum Gasteiger partial charge on any atom is 0.264 e. The van der Waals surface area contributed by atoms with Crippen molar-refractivity contribution in [2.75, 3.05) is 26.7 Å². The highest BCUT2D eigenvalue weighted by atomic mass is 32.2. The quantitative estimate of drug-likeness (QED) is 0.208. The first-order chi connectivity index (χ1) is 25.5. The van der Waals surface area contributed by atoms with Crippen molar-refractivity contribution >= 4 is 44.4 Å². The number of aryl methyl sites for hydroxylation is 1. The summed E-state index contributed by atoms with van der Waals surface area (Å²) < 4.78 is 37.7. The maximum absolute atomic E-state index is 14.5. The van der Waals surface area contributed by atoms with E-state index in [0.29, 0.717) is 30.6 Å². The second kappa shape index (κ2) is 13.8. The number of nitrogens with one attached hydrogen (secondary N) is 1. The molecule has 1 aliphatic carbocycles. The lowest BCUT2D eigenvalue weighted by atomic mass is 9.81. The third-order valence-corrected chi connectivity index (χ3v) is 13.8. The van der Waals surface area contributed by atoms with Crippen LogP contribution in [0.5, 0.6) is 5.75 Å². The summed E-state index contributed by atoms with van der Waals surface area (Å²) in [5, 5.41) is 5.08. The first-order valence-electron chi connectivity index (χ1n) is 19.2. The third-order valence-electron chi connectivity index (χ3n) is 12.1. The number of sulfonamides is 1. The molecule has 2 aromatic heterocycles. The highest BCUT2D eigenvalue weighted by molar-refractivity contribution is 7.90. The molecule has 3 aliphatic heterocycles. The summed E-state index contributed by atoms with van der Waals surface area (Å²) in [4.78, 5) is 32.6. The van der Waals surface area contributed by atoms with Gasteiger partial charge < -0.3 is 14.2 Å². The number of nitrogens with zero attached hydrogens (tertiary/aromatic N) is 5. The van der Waals surface area contributed by atoms with Crippen LogP contribution in [0.15, 0.2) is 42.6 Å². The number of fused-ring (bicyclic) bond motifs is 7. The van der Waals surface area contributed by atoms with E-state index in [4.69, 9.17) is 9.84 Å². The van der Waals surface area contributed by atoms with Gasteiger partial charge in [-0.15, -0.1) is 0 Å². The standard InChI is InChI=1S/C41H50N6O5S/c1-6-44-23-31-20-30(44)24-45(31)41(49)35-21-42-47(7-2)38(35)29-17-28-18-32(52-5)14-16-33(28)39-37(26-11-9-8-10-12-26)34-15-13-27(19-36(34)46(39)22-29)40(48)43-53(50,51)25(3)4/h13-19,21,25-26,30-31H,6-12,20,22-24H2,1-5H3,(H,43,48).